The molecule has 2 aromatic rings. The molecule has 0 aliphatic carbocycles. The summed E-state index contributed by atoms with van der Waals surface area (Å²) < 4.78 is 19.0. The van der Waals surface area contributed by atoms with E-state index in [1.807, 2.05) is 39.8 Å². The van der Waals surface area contributed by atoms with Crippen LogP contribution in [0.2, 0.25) is 0 Å². The van der Waals surface area contributed by atoms with E-state index in [0.717, 1.165) is 16.9 Å². The maximum Gasteiger partial charge on any atom is 0.348 e. The Morgan fingerprint density at radius 3 is 2.44 bits per heavy atom. The first-order valence-corrected chi connectivity index (χ1v) is 11.0. The number of aromatic carboxylic acids is 1. The monoisotopic (exact) mass is 405 g/mol. The minimum absolute atomic E-state index is 0.0558. The minimum atomic E-state index is -3.47. The number of thiophene rings is 1. The number of carboxylic acids is 1. The molecule has 0 amide bonds. The van der Waals surface area contributed by atoms with Crippen LogP contribution >= 0.6 is 18.9 Å². The molecule has 0 bridgehead atoms. The number of anilines is 1. The van der Waals surface area contributed by atoms with Crippen molar-refractivity contribution in [3.63, 3.8) is 0 Å². The van der Waals surface area contributed by atoms with Crippen molar-refractivity contribution in [2.45, 2.75) is 34.6 Å². The van der Waals surface area contributed by atoms with Gasteiger partial charge in [0.05, 0.1) is 22.5 Å². The molecule has 0 aliphatic heterocycles. The van der Waals surface area contributed by atoms with Gasteiger partial charge in [0.15, 0.2) is 0 Å². The Hall–Kier alpha value is -2.06. The summed E-state index contributed by atoms with van der Waals surface area (Å²) in [6, 6.07) is 8.76. The van der Waals surface area contributed by atoms with Crippen LogP contribution < -0.4 is 10.4 Å². The first-order valence-electron chi connectivity index (χ1n) is 8.54. The van der Waals surface area contributed by atoms with Gasteiger partial charge in [0.25, 0.3) is 0 Å². The van der Waals surface area contributed by atoms with Crippen LogP contribution in [0.5, 0.6) is 0 Å². The molecule has 1 unspecified atom stereocenters. The van der Waals surface area contributed by atoms with Crippen molar-refractivity contribution in [2.75, 3.05) is 11.7 Å². The fourth-order valence-corrected chi connectivity index (χ4v) is 4.82. The standard InChI is InChI=1S/C20H24NO4PS/c1-6-25-26(24,15-9-7-14(2)8-10-15)21-17-13-16(11-12-20(3,4)5)27-18(17)19(22)23/h7-10,13H,6H2,1-5H3,(H,21,24)(H,22,23). The highest BCUT2D eigenvalue weighted by Gasteiger charge is 2.29. The largest absolute Gasteiger partial charge is 0.477 e. The number of carboxylic acid groups (broad SMARTS) is 1. The Balaban J connectivity index is 2.46. The van der Waals surface area contributed by atoms with Crippen LogP contribution in [0, 0.1) is 24.2 Å². The Kier molecular flexibility index (Phi) is 6.54. The van der Waals surface area contributed by atoms with Gasteiger partial charge in [-0.1, -0.05) is 29.5 Å². The molecular weight excluding hydrogens is 381 g/mol. The average molecular weight is 405 g/mol. The van der Waals surface area contributed by atoms with Crippen molar-refractivity contribution < 1.29 is 19.0 Å². The normalized spacial score (nSPS) is 13.4. The van der Waals surface area contributed by atoms with Gasteiger partial charge in [-0.05, 0) is 52.8 Å². The molecule has 7 heteroatoms. The van der Waals surface area contributed by atoms with E-state index < -0.39 is 13.5 Å². The smallest absolute Gasteiger partial charge is 0.348 e. The number of rotatable bonds is 6. The highest BCUT2D eigenvalue weighted by atomic mass is 32.1. The fraction of sp³-hybridized carbons (Fsp3) is 0.350. The summed E-state index contributed by atoms with van der Waals surface area (Å²) >= 11 is 1.05. The number of hydrogen-bond acceptors (Lipinski definition) is 4. The molecule has 1 aromatic carbocycles. The minimum Gasteiger partial charge on any atom is -0.477 e. The lowest BCUT2D eigenvalue weighted by atomic mass is 9.98. The third kappa shape index (κ3) is 5.71. The van der Waals surface area contributed by atoms with Gasteiger partial charge in [0, 0.05) is 5.41 Å². The summed E-state index contributed by atoms with van der Waals surface area (Å²) in [6.45, 7) is 9.84. The molecule has 2 N–H and O–H groups in total. The zero-order valence-electron chi connectivity index (χ0n) is 16.1. The van der Waals surface area contributed by atoms with Crippen molar-refractivity contribution in [1.82, 2.24) is 0 Å². The zero-order chi connectivity index (χ0) is 20.2. The van der Waals surface area contributed by atoms with E-state index in [1.165, 1.54) is 0 Å². The van der Waals surface area contributed by atoms with Gasteiger partial charge in [0.1, 0.15) is 4.88 Å². The second-order valence-corrected chi connectivity index (χ2v) is 10.2. The van der Waals surface area contributed by atoms with Crippen LogP contribution in [0.25, 0.3) is 0 Å². The van der Waals surface area contributed by atoms with E-state index in [0.29, 0.717) is 10.2 Å². The number of nitrogens with one attached hydrogen (secondary N) is 1. The van der Waals surface area contributed by atoms with E-state index in [1.54, 1.807) is 25.1 Å². The van der Waals surface area contributed by atoms with Gasteiger partial charge in [0.2, 0.25) is 0 Å². The SMILES string of the molecule is CCOP(=O)(Nc1cc(C#CC(C)(C)C)sc1C(=O)O)c1ccc(C)cc1. The maximum atomic E-state index is 13.4. The van der Waals surface area contributed by atoms with E-state index in [9.17, 15) is 14.5 Å². The van der Waals surface area contributed by atoms with E-state index in [2.05, 4.69) is 16.9 Å². The molecular formula is C20H24NO4PS. The number of benzene rings is 1. The first kappa shape index (κ1) is 21.2. The van der Waals surface area contributed by atoms with Crippen LogP contribution in [0.15, 0.2) is 30.3 Å². The van der Waals surface area contributed by atoms with Gasteiger partial charge in [-0.3, -0.25) is 4.57 Å². The molecule has 1 atom stereocenters. The predicted molar refractivity (Wildman–Crippen MR) is 111 cm³/mol. The summed E-state index contributed by atoms with van der Waals surface area (Å²) in [4.78, 5) is 12.3. The van der Waals surface area contributed by atoms with Crippen molar-refractivity contribution in [2.24, 2.45) is 5.41 Å². The van der Waals surface area contributed by atoms with Crippen molar-refractivity contribution in [3.05, 3.63) is 45.6 Å². The molecule has 5 nitrogen and oxygen atoms in total. The molecule has 0 spiro atoms. The fourth-order valence-electron chi connectivity index (χ4n) is 2.20. The number of hydrogen-bond donors (Lipinski definition) is 2. The second-order valence-electron chi connectivity index (χ2n) is 7.08. The van der Waals surface area contributed by atoms with Gasteiger partial charge < -0.3 is 14.7 Å². The predicted octanol–water partition coefficient (Wildman–Crippen LogP) is 5.12. The molecule has 2 rings (SSSR count). The van der Waals surface area contributed by atoms with Crippen LogP contribution in [0.4, 0.5) is 5.69 Å². The van der Waals surface area contributed by atoms with Crippen molar-refractivity contribution in [1.29, 1.82) is 0 Å². The molecule has 1 aromatic heterocycles. The molecule has 0 fully saturated rings. The third-order valence-electron chi connectivity index (χ3n) is 3.44. The van der Waals surface area contributed by atoms with Crippen LogP contribution in [0.1, 0.15) is 47.8 Å². The molecule has 1 heterocycles. The zero-order valence-corrected chi connectivity index (χ0v) is 17.8. The van der Waals surface area contributed by atoms with Crippen LogP contribution in [0.3, 0.4) is 0 Å². The lowest BCUT2D eigenvalue weighted by molar-refractivity contribution is 0.0703. The molecule has 0 saturated carbocycles. The first-order chi connectivity index (χ1) is 12.5. The summed E-state index contributed by atoms with van der Waals surface area (Å²) in [6.07, 6.45) is 0. The molecule has 0 radical (unpaired) electrons. The van der Waals surface area contributed by atoms with E-state index in [-0.39, 0.29) is 22.6 Å². The highest BCUT2D eigenvalue weighted by molar-refractivity contribution is 7.68. The van der Waals surface area contributed by atoms with Gasteiger partial charge in [-0.15, -0.1) is 11.3 Å². The van der Waals surface area contributed by atoms with Crippen LogP contribution in [-0.4, -0.2) is 17.7 Å². The maximum absolute atomic E-state index is 13.4. The molecule has 0 saturated heterocycles. The van der Waals surface area contributed by atoms with E-state index >= 15 is 0 Å². The van der Waals surface area contributed by atoms with Gasteiger partial charge in [-0.25, -0.2) is 4.79 Å². The van der Waals surface area contributed by atoms with Crippen molar-refractivity contribution >= 4 is 35.8 Å². The Labute approximate surface area is 164 Å². The van der Waals surface area contributed by atoms with Gasteiger partial charge in [-0.2, -0.15) is 0 Å². The van der Waals surface area contributed by atoms with Gasteiger partial charge >= 0.3 is 13.5 Å². The quantitative estimate of drug-likeness (QED) is 0.515. The highest BCUT2D eigenvalue weighted by Crippen LogP contribution is 2.47. The topological polar surface area (TPSA) is 75.6 Å². The lowest BCUT2D eigenvalue weighted by Gasteiger charge is -2.20. The van der Waals surface area contributed by atoms with E-state index in [4.69, 9.17) is 4.52 Å². The number of carbonyl (C=O) groups is 1. The Morgan fingerprint density at radius 2 is 1.93 bits per heavy atom. The van der Waals surface area contributed by atoms with Crippen LogP contribution in [-0.2, 0) is 9.09 Å². The molecule has 27 heavy (non-hydrogen) atoms. The summed E-state index contributed by atoms with van der Waals surface area (Å²) in [7, 11) is -3.47. The average Bonchev–Trinajstić information content (AvgIpc) is 2.96. The Bertz CT molecular complexity index is 930. The third-order valence-corrected chi connectivity index (χ3v) is 6.61. The molecule has 0 aliphatic rings. The summed E-state index contributed by atoms with van der Waals surface area (Å²) in [5, 5.41) is 12.9. The second kappa shape index (κ2) is 8.31. The molecule has 144 valence electrons. The summed E-state index contributed by atoms with van der Waals surface area (Å²) in [5.74, 6) is 4.98. The number of aryl methyl sites for hydroxylation is 1. The lowest BCUT2D eigenvalue weighted by Crippen LogP contribution is -2.15. The van der Waals surface area contributed by atoms with Crippen molar-refractivity contribution in [3.8, 4) is 11.8 Å². The summed E-state index contributed by atoms with van der Waals surface area (Å²) in [5.41, 5.74) is 1.08. The Morgan fingerprint density at radius 1 is 1.30 bits per heavy atom.